The van der Waals surface area contributed by atoms with Crippen LogP contribution in [-0.2, 0) is 21.2 Å². The van der Waals surface area contributed by atoms with Gasteiger partial charge in [-0.05, 0) is 80.9 Å². The zero-order chi connectivity index (χ0) is 24.4. The van der Waals surface area contributed by atoms with Crippen molar-refractivity contribution in [2.45, 2.75) is 55.6 Å². The van der Waals surface area contributed by atoms with Crippen molar-refractivity contribution in [1.29, 1.82) is 0 Å². The molecule has 3 heterocycles. The summed E-state index contributed by atoms with van der Waals surface area (Å²) in [6, 6.07) is 15.2. The normalized spacial score (nSPS) is 21.9. The highest BCUT2D eigenvalue weighted by Crippen LogP contribution is 2.33. The lowest BCUT2D eigenvalue weighted by atomic mass is 10.00. The second-order valence-electron chi connectivity index (χ2n) is 9.91. The summed E-state index contributed by atoms with van der Waals surface area (Å²) in [6.45, 7) is 4.12. The molecule has 0 N–H and O–H groups in total. The van der Waals surface area contributed by atoms with Crippen LogP contribution in [0, 0.1) is 0 Å². The van der Waals surface area contributed by atoms with Crippen LogP contribution >= 0.6 is 0 Å². The summed E-state index contributed by atoms with van der Waals surface area (Å²) in [4.78, 5) is 18.2. The van der Waals surface area contributed by atoms with Gasteiger partial charge in [-0.25, -0.2) is 8.42 Å². The van der Waals surface area contributed by atoms with Gasteiger partial charge in [-0.3, -0.25) is 4.79 Å². The summed E-state index contributed by atoms with van der Waals surface area (Å²) in [7, 11) is -1.60. The molecule has 0 saturated carbocycles. The highest BCUT2D eigenvalue weighted by molar-refractivity contribution is 7.89. The Hall–Kier alpha value is -2.42. The minimum Gasteiger partial charge on any atom is -0.480 e. The maximum atomic E-state index is 13.6. The van der Waals surface area contributed by atoms with Crippen molar-refractivity contribution in [2.24, 2.45) is 0 Å². The van der Waals surface area contributed by atoms with Crippen LogP contribution in [0.5, 0.6) is 5.75 Å². The number of fused-ring (bicyclic) bond motifs is 1. The van der Waals surface area contributed by atoms with E-state index in [0.717, 1.165) is 43.6 Å². The zero-order valence-corrected chi connectivity index (χ0v) is 21.3. The van der Waals surface area contributed by atoms with Gasteiger partial charge in [0, 0.05) is 26.7 Å². The van der Waals surface area contributed by atoms with Crippen molar-refractivity contribution in [2.75, 3.05) is 39.8 Å². The molecule has 5 rings (SSSR count). The minimum atomic E-state index is -3.47. The molecule has 0 aromatic heterocycles. The predicted octanol–water partition coefficient (Wildman–Crippen LogP) is 3.46. The molecule has 188 valence electrons. The van der Waals surface area contributed by atoms with Crippen molar-refractivity contribution >= 4 is 15.9 Å². The molecular formula is C27H35N3O4S. The van der Waals surface area contributed by atoms with Crippen LogP contribution in [0.4, 0.5) is 0 Å². The number of amides is 1. The standard InChI is InChI=1S/C27H35N3O4S/c1-28(24(20-29-15-5-6-16-29)21-9-3-2-4-10-21)27(31)26-13-11-22-19-23(12-14-25(22)34-26)35(32,33)30-17-7-8-18-30/h2-4,9-10,12,14,19,24,26H,5-8,11,13,15-18,20H2,1H3/t24-,26+/m1/s1. The van der Waals surface area contributed by atoms with Gasteiger partial charge in [-0.1, -0.05) is 30.3 Å². The van der Waals surface area contributed by atoms with Crippen molar-refractivity contribution in [1.82, 2.24) is 14.1 Å². The van der Waals surface area contributed by atoms with Gasteiger partial charge < -0.3 is 14.5 Å². The Balaban J connectivity index is 1.31. The fraction of sp³-hybridized carbons (Fsp3) is 0.519. The van der Waals surface area contributed by atoms with E-state index in [9.17, 15) is 13.2 Å². The monoisotopic (exact) mass is 497 g/mol. The molecule has 0 radical (unpaired) electrons. The van der Waals surface area contributed by atoms with E-state index in [2.05, 4.69) is 17.0 Å². The Bertz CT molecular complexity index is 1140. The fourth-order valence-corrected chi connectivity index (χ4v) is 7.06. The topological polar surface area (TPSA) is 70.2 Å². The maximum Gasteiger partial charge on any atom is 0.263 e. The Morgan fingerprint density at radius 2 is 1.71 bits per heavy atom. The number of hydrogen-bond donors (Lipinski definition) is 0. The number of aryl methyl sites for hydroxylation is 1. The molecule has 0 aliphatic carbocycles. The molecule has 2 aromatic rings. The molecule has 3 aliphatic heterocycles. The first kappa shape index (κ1) is 24.3. The van der Waals surface area contributed by atoms with Crippen molar-refractivity contribution < 1.29 is 17.9 Å². The quantitative estimate of drug-likeness (QED) is 0.586. The van der Waals surface area contributed by atoms with Crippen LogP contribution in [0.15, 0.2) is 53.4 Å². The van der Waals surface area contributed by atoms with E-state index in [-0.39, 0.29) is 11.9 Å². The summed E-state index contributed by atoms with van der Waals surface area (Å²) >= 11 is 0. The maximum absolute atomic E-state index is 13.6. The Morgan fingerprint density at radius 3 is 2.43 bits per heavy atom. The number of carbonyl (C=O) groups excluding carboxylic acids is 1. The molecule has 7 nitrogen and oxygen atoms in total. The van der Waals surface area contributed by atoms with E-state index in [0.29, 0.717) is 36.6 Å². The third-order valence-electron chi connectivity index (χ3n) is 7.58. The van der Waals surface area contributed by atoms with Crippen molar-refractivity contribution in [3.05, 3.63) is 59.7 Å². The number of ether oxygens (including phenoxy) is 1. The Kier molecular flexibility index (Phi) is 7.14. The smallest absolute Gasteiger partial charge is 0.263 e. The molecule has 2 atom stereocenters. The number of hydrogen-bond acceptors (Lipinski definition) is 5. The molecule has 2 saturated heterocycles. The molecule has 2 aromatic carbocycles. The first-order chi connectivity index (χ1) is 16.9. The van der Waals surface area contributed by atoms with Gasteiger partial charge in [0.2, 0.25) is 10.0 Å². The third kappa shape index (κ3) is 5.10. The van der Waals surface area contributed by atoms with Gasteiger partial charge in [0.1, 0.15) is 5.75 Å². The highest BCUT2D eigenvalue weighted by atomic mass is 32.2. The molecule has 0 spiro atoms. The number of likely N-dealkylation sites (N-methyl/N-ethyl adjacent to an activating group) is 1. The lowest BCUT2D eigenvalue weighted by Crippen LogP contribution is -2.46. The van der Waals surface area contributed by atoms with Gasteiger partial charge in [0.15, 0.2) is 6.10 Å². The molecule has 8 heteroatoms. The van der Waals surface area contributed by atoms with E-state index in [1.807, 2.05) is 30.1 Å². The number of likely N-dealkylation sites (tertiary alicyclic amines) is 1. The van der Waals surface area contributed by atoms with Gasteiger partial charge in [-0.2, -0.15) is 4.31 Å². The summed E-state index contributed by atoms with van der Waals surface area (Å²) < 4.78 is 33.6. The lowest BCUT2D eigenvalue weighted by Gasteiger charge is -2.35. The van der Waals surface area contributed by atoms with E-state index in [1.165, 1.54) is 12.8 Å². The summed E-state index contributed by atoms with van der Waals surface area (Å²) in [5, 5.41) is 0. The molecule has 0 unspecified atom stereocenters. The molecular weight excluding hydrogens is 462 g/mol. The van der Waals surface area contributed by atoms with Crippen LogP contribution in [0.1, 0.15) is 49.3 Å². The van der Waals surface area contributed by atoms with Gasteiger partial charge in [-0.15, -0.1) is 0 Å². The SMILES string of the molecule is CN(C(=O)[C@@H]1CCc2cc(S(=O)(=O)N3CCCC3)ccc2O1)[C@H](CN1CCCC1)c1ccccc1. The first-order valence-electron chi connectivity index (χ1n) is 12.8. The summed E-state index contributed by atoms with van der Waals surface area (Å²) in [5.41, 5.74) is 1.98. The second-order valence-corrected chi connectivity index (χ2v) is 11.8. The van der Waals surface area contributed by atoms with Crippen LogP contribution in [0.25, 0.3) is 0 Å². The average Bonchev–Trinajstić information content (AvgIpc) is 3.61. The number of nitrogens with zero attached hydrogens (tertiary/aromatic N) is 3. The van der Waals surface area contributed by atoms with Gasteiger partial charge in [0.05, 0.1) is 10.9 Å². The van der Waals surface area contributed by atoms with E-state index in [1.54, 1.807) is 22.5 Å². The van der Waals surface area contributed by atoms with Crippen LogP contribution in [0.3, 0.4) is 0 Å². The number of sulfonamides is 1. The van der Waals surface area contributed by atoms with E-state index in [4.69, 9.17) is 4.74 Å². The average molecular weight is 498 g/mol. The molecule has 35 heavy (non-hydrogen) atoms. The first-order valence-corrected chi connectivity index (χ1v) is 14.2. The fourth-order valence-electron chi connectivity index (χ4n) is 5.49. The zero-order valence-electron chi connectivity index (χ0n) is 20.4. The third-order valence-corrected chi connectivity index (χ3v) is 9.48. The number of carbonyl (C=O) groups is 1. The van der Waals surface area contributed by atoms with Gasteiger partial charge in [0.25, 0.3) is 5.91 Å². The lowest BCUT2D eigenvalue weighted by molar-refractivity contribution is -0.140. The van der Waals surface area contributed by atoms with Crippen molar-refractivity contribution in [3.8, 4) is 5.75 Å². The number of rotatable bonds is 7. The predicted molar refractivity (Wildman–Crippen MR) is 135 cm³/mol. The summed E-state index contributed by atoms with van der Waals surface area (Å²) in [6.07, 6.45) is 4.81. The second kappa shape index (κ2) is 10.3. The van der Waals surface area contributed by atoms with Crippen molar-refractivity contribution in [3.63, 3.8) is 0 Å². The molecule has 3 aliphatic rings. The van der Waals surface area contributed by atoms with Crippen LogP contribution in [-0.4, -0.2) is 74.3 Å². The number of benzene rings is 2. The van der Waals surface area contributed by atoms with Crippen LogP contribution in [0.2, 0.25) is 0 Å². The van der Waals surface area contributed by atoms with E-state index >= 15 is 0 Å². The molecule has 2 fully saturated rings. The van der Waals surface area contributed by atoms with Crippen LogP contribution < -0.4 is 4.74 Å². The highest BCUT2D eigenvalue weighted by Gasteiger charge is 2.34. The Labute approximate surface area is 208 Å². The summed E-state index contributed by atoms with van der Waals surface area (Å²) in [5.74, 6) is 0.580. The molecule has 0 bridgehead atoms. The Morgan fingerprint density at radius 1 is 1.03 bits per heavy atom. The van der Waals surface area contributed by atoms with Gasteiger partial charge >= 0.3 is 0 Å². The minimum absolute atomic E-state index is 0.0301. The molecule has 1 amide bonds. The van der Waals surface area contributed by atoms with E-state index < -0.39 is 16.1 Å². The largest absolute Gasteiger partial charge is 0.480 e.